The number of anilines is 1. The molecule has 2 aliphatic heterocycles. The molecule has 2 N–H and O–H groups in total. The highest BCUT2D eigenvalue weighted by Crippen LogP contribution is 2.33. The lowest BCUT2D eigenvalue weighted by molar-refractivity contribution is 0.0224. The molecule has 5 heterocycles. The summed E-state index contributed by atoms with van der Waals surface area (Å²) in [5, 5.41) is 5.39. The molecule has 3 aromatic rings. The van der Waals surface area contributed by atoms with Gasteiger partial charge >= 0.3 is 0 Å². The zero-order valence-electron chi connectivity index (χ0n) is 19.7. The number of pyridine rings is 2. The van der Waals surface area contributed by atoms with Crippen molar-refractivity contribution in [2.24, 2.45) is 17.8 Å². The predicted octanol–water partition coefficient (Wildman–Crippen LogP) is 3.04. The van der Waals surface area contributed by atoms with Gasteiger partial charge in [0.2, 0.25) is 0 Å². The number of nitrogens with zero attached hydrogens (tertiary/aromatic N) is 6. The Morgan fingerprint density at radius 2 is 2.15 bits per heavy atom. The Bertz CT molecular complexity index is 1210. The van der Waals surface area contributed by atoms with Crippen molar-refractivity contribution in [2.45, 2.75) is 38.5 Å². The van der Waals surface area contributed by atoms with Crippen molar-refractivity contribution in [1.29, 1.82) is 0 Å². The van der Waals surface area contributed by atoms with Crippen LogP contribution >= 0.6 is 0 Å². The van der Waals surface area contributed by atoms with Crippen LogP contribution in [0.25, 0.3) is 22.2 Å². The summed E-state index contributed by atoms with van der Waals surface area (Å²) >= 11 is 0. The second-order valence-corrected chi connectivity index (χ2v) is 8.74. The molecule has 9 nitrogen and oxygen atoms in total. The van der Waals surface area contributed by atoms with Crippen molar-refractivity contribution < 1.29 is 9.47 Å². The molecule has 2 saturated heterocycles. The van der Waals surface area contributed by atoms with E-state index >= 15 is 0 Å². The van der Waals surface area contributed by atoms with E-state index in [0.717, 1.165) is 60.4 Å². The Labute approximate surface area is 199 Å². The van der Waals surface area contributed by atoms with Gasteiger partial charge in [0.05, 0.1) is 30.7 Å². The number of ether oxygens (including phenoxy) is 2. The lowest BCUT2D eigenvalue weighted by atomic mass is 10.0. The fraction of sp³-hybridized carbons (Fsp3) is 0.440. The number of hydrogen-bond acceptors (Lipinski definition) is 8. The molecule has 178 valence electrons. The second kappa shape index (κ2) is 9.90. The summed E-state index contributed by atoms with van der Waals surface area (Å²) < 4.78 is 13.4. The normalized spacial score (nSPS) is 22.1. The van der Waals surface area contributed by atoms with Crippen molar-refractivity contribution in [3.8, 4) is 11.3 Å². The fourth-order valence-corrected chi connectivity index (χ4v) is 4.65. The number of aliphatic imine (C=N–C) groups is 1. The largest absolute Gasteiger partial charge is 0.405 e. The predicted molar refractivity (Wildman–Crippen MR) is 133 cm³/mol. The third kappa shape index (κ3) is 4.41. The van der Waals surface area contributed by atoms with Crippen molar-refractivity contribution in [2.75, 3.05) is 31.3 Å². The lowest BCUT2D eigenvalue weighted by Crippen LogP contribution is -2.44. The minimum atomic E-state index is -0.198. The van der Waals surface area contributed by atoms with Gasteiger partial charge in [-0.05, 0) is 56.7 Å². The second-order valence-electron chi connectivity index (χ2n) is 8.74. The Morgan fingerprint density at radius 3 is 2.88 bits per heavy atom. The maximum absolute atomic E-state index is 5.88. The molecule has 0 saturated carbocycles. The highest BCUT2D eigenvalue weighted by molar-refractivity contribution is 6.15. The van der Waals surface area contributed by atoms with Crippen LogP contribution < -0.4 is 10.6 Å². The van der Waals surface area contributed by atoms with Crippen LogP contribution in [0.3, 0.4) is 0 Å². The van der Waals surface area contributed by atoms with Gasteiger partial charge in [-0.1, -0.05) is 0 Å². The van der Waals surface area contributed by atoms with Gasteiger partial charge in [0, 0.05) is 43.5 Å². The van der Waals surface area contributed by atoms with Crippen LogP contribution in [0.5, 0.6) is 0 Å². The number of nitrogens with two attached hydrogens (primary N) is 1. The summed E-state index contributed by atoms with van der Waals surface area (Å²) in [7, 11) is 1.95. The average molecular weight is 462 g/mol. The number of rotatable bonds is 5. The molecule has 2 atom stereocenters. The molecule has 0 unspecified atom stereocenters. The van der Waals surface area contributed by atoms with Gasteiger partial charge in [0.15, 0.2) is 0 Å². The molecule has 0 spiro atoms. The van der Waals surface area contributed by atoms with Gasteiger partial charge in [-0.25, -0.2) is 4.98 Å². The number of aromatic nitrogens is 4. The van der Waals surface area contributed by atoms with Crippen molar-refractivity contribution >= 4 is 22.4 Å². The number of morpholine rings is 1. The molecule has 0 radical (unpaired) electrons. The summed E-state index contributed by atoms with van der Waals surface area (Å²) in [6.07, 6.45) is 9.75. The van der Waals surface area contributed by atoms with Crippen molar-refractivity contribution in [3.63, 3.8) is 0 Å². The van der Waals surface area contributed by atoms with Crippen molar-refractivity contribution in [1.82, 2.24) is 19.7 Å². The summed E-state index contributed by atoms with van der Waals surface area (Å²) in [5.74, 6) is 0.888. The number of allylic oxidation sites excluding steroid dienone is 1. The summed E-state index contributed by atoms with van der Waals surface area (Å²) in [6.45, 7) is 5.00. The molecule has 0 aliphatic carbocycles. The van der Waals surface area contributed by atoms with Gasteiger partial charge in [0.25, 0.3) is 0 Å². The first-order chi connectivity index (χ1) is 16.7. The molecule has 9 heteroatoms. The Hall–Kier alpha value is -3.30. The van der Waals surface area contributed by atoms with E-state index in [9.17, 15) is 0 Å². The van der Waals surface area contributed by atoms with Crippen LogP contribution in [-0.2, 0) is 16.5 Å². The van der Waals surface area contributed by atoms with Crippen LogP contribution in [0, 0.1) is 0 Å². The van der Waals surface area contributed by atoms with Crippen LogP contribution in [0.4, 0.5) is 5.82 Å². The molecule has 0 aromatic carbocycles. The van der Waals surface area contributed by atoms with Gasteiger partial charge in [-0.3, -0.25) is 14.7 Å². The monoisotopic (exact) mass is 461 g/mol. The fourth-order valence-electron chi connectivity index (χ4n) is 4.65. The maximum atomic E-state index is 5.88. The molecular weight excluding hydrogens is 430 g/mol. The molecule has 3 aromatic heterocycles. The molecule has 0 amide bonds. The molecule has 2 aliphatic rings. The molecular formula is C25H31N7O2. The summed E-state index contributed by atoms with van der Waals surface area (Å²) in [5.41, 5.74) is 10.0. The zero-order chi connectivity index (χ0) is 23.5. The minimum absolute atomic E-state index is 0.198. The van der Waals surface area contributed by atoms with E-state index in [1.807, 2.05) is 30.1 Å². The molecule has 34 heavy (non-hydrogen) atoms. The zero-order valence-corrected chi connectivity index (χ0v) is 19.7. The van der Waals surface area contributed by atoms with E-state index in [2.05, 4.69) is 23.0 Å². The van der Waals surface area contributed by atoms with Gasteiger partial charge in [0.1, 0.15) is 23.3 Å². The van der Waals surface area contributed by atoms with Gasteiger partial charge < -0.3 is 20.1 Å². The Balaban J connectivity index is 1.72. The highest BCUT2D eigenvalue weighted by Gasteiger charge is 2.24. The minimum Gasteiger partial charge on any atom is -0.405 e. The Morgan fingerprint density at radius 1 is 1.24 bits per heavy atom. The third-order valence-corrected chi connectivity index (χ3v) is 6.41. The average Bonchev–Trinajstić information content (AvgIpc) is 3.29. The van der Waals surface area contributed by atoms with E-state index < -0.39 is 0 Å². The third-order valence-electron chi connectivity index (χ3n) is 6.41. The molecule has 2 fully saturated rings. The molecule has 0 bridgehead atoms. The van der Waals surface area contributed by atoms with Crippen LogP contribution in [0.15, 0.2) is 47.9 Å². The first kappa shape index (κ1) is 22.5. The quantitative estimate of drug-likeness (QED) is 0.583. The summed E-state index contributed by atoms with van der Waals surface area (Å²) in [6, 6.07) is 6.38. The summed E-state index contributed by atoms with van der Waals surface area (Å²) in [4.78, 5) is 17.0. The topological polar surface area (TPSA) is 104 Å². The standard InChI is InChI=1S/C25H31N7O2/c1-17-16-33-14-12-32(17)22-15-19(21-8-11-28-31(21)2)18-7-10-27-25(24(18)30-22)20(6-9-26)29-23-5-3-4-13-34-23/h6-11,15,17,23H,3-5,12-14,16,26H2,1-2H3/t17-,23-/m1/s1. The van der Waals surface area contributed by atoms with Gasteiger partial charge in [-0.15, -0.1) is 0 Å². The molecule has 5 rings (SSSR count). The van der Waals surface area contributed by atoms with Crippen molar-refractivity contribution in [3.05, 3.63) is 48.6 Å². The first-order valence-corrected chi connectivity index (χ1v) is 11.9. The van der Waals surface area contributed by atoms with E-state index in [1.165, 1.54) is 6.20 Å². The van der Waals surface area contributed by atoms with E-state index in [4.69, 9.17) is 30.2 Å². The number of hydrogen-bond donors (Lipinski definition) is 1. The van der Waals surface area contributed by atoms with Crippen LogP contribution in [-0.4, -0.2) is 64.1 Å². The van der Waals surface area contributed by atoms with Crippen LogP contribution in [0.1, 0.15) is 31.9 Å². The Kier molecular flexibility index (Phi) is 6.55. The van der Waals surface area contributed by atoms with E-state index in [1.54, 1.807) is 12.3 Å². The van der Waals surface area contributed by atoms with E-state index in [-0.39, 0.29) is 12.3 Å². The lowest BCUT2D eigenvalue weighted by Gasteiger charge is -2.34. The van der Waals surface area contributed by atoms with Gasteiger partial charge in [-0.2, -0.15) is 5.10 Å². The SMILES string of the molecule is C[C@@H]1COCCN1c1cc(-c2ccnn2C)c2ccnc(C(C=CN)=N[C@H]3CCCCO3)c2n1. The first-order valence-electron chi connectivity index (χ1n) is 11.9. The van der Waals surface area contributed by atoms with E-state index in [0.29, 0.717) is 24.6 Å². The maximum Gasteiger partial charge on any atom is 0.149 e. The smallest absolute Gasteiger partial charge is 0.149 e. The number of aryl methyl sites for hydroxylation is 1. The highest BCUT2D eigenvalue weighted by atomic mass is 16.5. The number of fused-ring (bicyclic) bond motifs is 1. The van der Waals surface area contributed by atoms with Crippen LogP contribution in [0.2, 0.25) is 0 Å².